The highest BCUT2D eigenvalue weighted by Crippen LogP contribution is 2.19. The Bertz CT molecular complexity index is 705. The standard InChI is InChI=1S/C18H28N6OS/c1-13(16-7-5-9-26-16)10-19-18(20-11-15-6-4-8-25-15)21-12-17-23-22-14(2)24(17)3/h5,7,9,13,15H,4,6,8,10-12H2,1-3H3,(H2,19,20,21). The fourth-order valence-corrected chi connectivity index (χ4v) is 3.64. The summed E-state index contributed by atoms with van der Waals surface area (Å²) in [6, 6.07) is 4.27. The predicted molar refractivity (Wildman–Crippen MR) is 105 cm³/mol. The number of nitrogens with one attached hydrogen (secondary N) is 2. The van der Waals surface area contributed by atoms with Crippen molar-refractivity contribution in [1.29, 1.82) is 0 Å². The molecule has 2 N–H and O–H groups in total. The van der Waals surface area contributed by atoms with Crippen molar-refractivity contribution in [1.82, 2.24) is 25.4 Å². The first-order valence-electron chi connectivity index (χ1n) is 9.15. The van der Waals surface area contributed by atoms with Gasteiger partial charge in [0.2, 0.25) is 0 Å². The molecule has 26 heavy (non-hydrogen) atoms. The summed E-state index contributed by atoms with van der Waals surface area (Å²) in [5, 5.41) is 17.3. The molecule has 2 aromatic rings. The predicted octanol–water partition coefficient (Wildman–Crippen LogP) is 2.20. The number of ether oxygens (including phenoxy) is 1. The molecule has 3 rings (SSSR count). The van der Waals surface area contributed by atoms with E-state index in [1.54, 1.807) is 11.3 Å². The van der Waals surface area contributed by atoms with Crippen LogP contribution < -0.4 is 10.6 Å². The van der Waals surface area contributed by atoms with Crippen LogP contribution in [0.3, 0.4) is 0 Å². The zero-order valence-electron chi connectivity index (χ0n) is 15.7. The molecular weight excluding hydrogens is 348 g/mol. The van der Waals surface area contributed by atoms with Crippen LogP contribution in [0, 0.1) is 6.92 Å². The Kier molecular flexibility index (Phi) is 6.62. The Morgan fingerprint density at radius 2 is 2.35 bits per heavy atom. The number of thiophene rings is 1. The van der Waals surface area contributed by atoms with Crippen molar-refractivity contribution >= 4 is 17.3 Å². The molecule has 7 nitrogen and oxygen atoms in total. The molecule has 0 radical (unpaired) electrons. The van der Waals surface area contributed by atoms with Crippen molar-refractivity contribution < 1.29 is 4.74 Å². The normalized spacial score (nSPS) is 18.9. The summed E-state index contributed by atoms with van der Waals surface area (Å²) in [7, 11) is 1.96. The van der Waals surface area contributed by atoms with Crippen molar-refractivity contribution in [3.8, 4) is 0 Å². The van der Waals surface area contributed by atoms with Crippen molar-refractivity contribution in [3.05, 3.63) is 34.0 Å². The molecule has 0 aliphatic carbocycles. The highest BCUT2D eigenvalue weighted by atomic mass is 32.1. The van der Waals surface area contributed by atoms with Gasteiger partial charge in [-0.3, -0.25) is 0 Å². The van der Waals surface area contributed by atoms with Crippen LogP contribution in [0.2, 0.25) is 0 Å². The topological polar surface area (TPSA) is 76.4 Å². The summed E-state index contributed by atoms with van der Waals surface area (Å²) in [6.45, 7) is 7.12. The molecule has 3 heterocycles. The number of aryl methyl sites for hydroxylation is 1. The summed E-state index contributed by atoms with van der Waals surface area (Å²) < 4.78 is 7.67. The van der Waals surface area contributed by atoms with Gasteiger partial charge in [-0.05, 0) is 31.2 Å². The van der Waals surface area contributed by atoms with E-state index in [0.29, 0.717) is 12.5 Å². The first kappa shape index (κ1) is 18.8. The van der Waals surface area contributed by atoms with Gasteiger partial charge < -0.3 is 19.9 Å². The Hall–Kier alpha value is -1.93. The molecule has 0 amide bonds. The van der Waals surface area contributed by atoms with Crippen LogP contribution in [0.25, 0.3) is 0 Å². The van der Waals surface area contributed by atoms with Gasteiger partial charge in [0, 0.05) is 37.5 Å². The zero-order chi connectivity index (χ0) is 18.4. The van der Waals surface area contributed by atoms with E-state index in [1.807, 2.05) is 18.5 Å². The van der Waals surface area contributed by atoms with E-state index in [-0.39, 0.29) is 6.10 Å². The second kappa shape index (κ2) is 9.14. The molecule has 0 saturated carbocycles. The van der Waals surface area contributed by atoms with Crippen LogP contribution in [0.4, 0.5) is 0 Å². The van der Waals surface area contributed by atoms with Gasteiger partial charge in [0.05, 0.1) is 6.10 Å². The van der Waals surface area contributed by atoms with E-state index in [2.05, 4.69) is 45.3 Å². The number of hydrogen-bond acceptors (Lipinski definition) is 5. The third-order valence-corrected chi connectivity index (χ3v) is 5.79. The monoisotopic (exact) mass is 376 g/mol. The van der Waals surface area contributed by atoms with Crippen LogP contribution in [0.1, 0.15) is 42.2 Å². The Labute approximate surface area is 158 Å². The highest BCUT2D eigenvalue weighted by molar-refractivity contribution is 7.10. The molecule has 0 spiro atoms. The molecule has 8 heteroatoms. The lowest BCUT2D eigenvalue weighted by Gasteiger charge is -2.17. The lowest BCUT2D eigenvalue weighted by atomic mass is 10.1. The summed E-state index contributed by atoms with van der Waals surface area (Å²) in [4.78, 5) is 6.08. The number of rotatable bonds is 7. The number of hydrogen-bond donors (Lipinski definition) is 2. The van der Waals surface area contributed by atoms with Gasteiger partial charge in [0.1, 0.15) is 12.4 Å². The summed E-state index contributed by atoms with van der Waals surface area (Å²) in [6.07, 6.45) is 2.52. The zero-order valence-corrected chi connectivity index (χ0v) is 16.6. The molecule has 2 aromatic heterocycles. The van der Waals surface area contributed by atoms with Gasteiger partial charge in [-0.1, -0.05) is 13.0 Å². The third-order valence-electron chi connectivity index (χ3n) is 4.69. The van der Waals surface area contributed by atoms with Crippen molar-refractivity contribution in [3.63, 3.8) is 0 Å². The molecule has 0 aromatic carbocycles. The Morgan fingerprint density at radius 3 is 3.00 bits per heavy atom. The van der Waals surface area contributed by atoms with Crippen LogP contribution in [0.5, 0.6) is 0 Å². The van der Waals surface area contributed by atoms with Gasteiger partial charge in [-0.15, -0.1) is 21.5 Å². The van der Waals surface area contributed by atoms with E-state index in [4.69, 9.17) is 9.73 Å². The number of nitrogens with zero attached hydrogens (tertiary/aromatic N) is 4. The minimum absolute atomic E-state index is 0.272. The molecule has 2 atom stereocenters. The van der Waals surface area contributed by atoms with E-state index in [9.17, 15) is 0 Å². The number of guanidine groups is 1. The van der Waals surface area contributed by atoms with Gasteiger partial charge in [-0.25, -0.2) is 4.99 Å². The van der Waals surface area contributed by atoms with Crippen molar-refractivity contribution in [2.75, 3.05) is 19.7 Å². The van der Waals surface area contributed by atoms with Crippen LogP contribution in [0.15, 0.2) is 22.5 Å². The first-order valence-corrected chi connectivity index (χ1v) is 10.0. The summed E-state index contributed by atoms with van der Waals surface area (Å²) >= 11 is 1.79. The molecule has 1 aliphatic rings. The highest BCUT2D eigenvalue weighted by Gasteiger charge is 2.16. The minimum atomic E-state index is 0.272. The molecule has 1 saturated heterocycles. The average molecular weight is 377 g/mol. The third kappa shape index (κ3) is 5.04. The van der Waals surface area contributed by atoms with Crippen molar-refractivity contribution in [2.45, 2.75) is 45.3 Å². The van der Waals surface area contributed by atoms with E-state index in [0.717, 1.165) is 50.1 Å². The molecule has 0 bridgehead atoms. The van der Waals surface area contributed by atoms with Crippen LogP contribution >= 0.6 is 11.3 Å². The maximum Gasteiger partial charge on any atom is 0.191 e. The smallest absolute Gasteiger partial charge is 0.191 e. The lowest BCUT2D eigenvalue weighted by molar-refractivity contribution is 0.114. The van der Waals surface area contributed by atoms with Gasteiger partial charge >= 0.3 is 0 Å². The van der Waals surface area contributed by atoms with Gasteiger partial charge in [0.15, 0.2) is 11.8 Å². The molecule has 1 aliphatic heterocycles. The summed E-state index contributed by atoms with van der Waals surface area (Å²) in [5.41, 5.74) is 0. The Morgan fingerprint density at radius 1 is 1.46 bits per heavy atom. The number of aliphatic imine (C=N–C) groups is 1. The van der Waals surface area contributed by atoms with E-state index >= 15 is 0 Å². The number of aromatic nitrogens is 3. The fourth-order valence-electron chi connectivity index (χ4n) is 2.85. The molecule has 1 fully saturated rings. The fraction of sp³-hybridized carbons (Fsp3) is 0.611. The quantitative estimate of drug-likeness (QED) is 0.572. The van der Waals surface area contributed by atoms with Gasteiger partial charge in [0.25, 0.3) is 0 Å². The Balaban J connectivity index is 1.59. The molecular formula is C18H28N6OS. The second-order valence-electron chi connectivity index (χ2n) is 6.70. The molecule has 142 valence electrons. The van der Waals surface area contributed by atoms with Gasteiger partial charge in [-0.2, -0.15) is 0 Å². The van der Waals surface area contributed by atoms with Crippen molar-refractivity contribution in [2.24, 2.45) is 12.0 Å². The largest absolute Gasteiger partial charge is 0.376 e. The second-order valence-corrected chi connectivity index (χ2v) is 7.68. The van der Waals surface area contributed by atoms with E-state index < -0.39 is 0 Å². The maximum absolute atomic E-state index is 5.70. The lowest BCUT2D eigenvalue weighted by Crippen LogP contribution is -2.42. The summed E-state index contributed by atoms with van der Waals surface area (Å²) in [5.74, 6) is 2.97. The average Bonchev–Trinajstić information content (AvgIpc) is 3.39. The molecule has 2 unspecified atom stereocenters. The maximum atomic E-state index is 5.70. The van der Waals surface area contributed by atoms with Crippen LogP contribution in [-0.4, -0.2) is 46.5 Å². The van der Waals surface area contributed by atoms with E-state index in [1.165, 1.54) is 4.88 Å². The SMILES string of the molecule is Cc1nnc(CN=C(NCC2CCCO2)NCC(C)c2cccs2)n1C. The first-order chi connectivity index (χ1) is 12.6. The minimum Gasteiger partial charge on any atom is -0.376 e. The van der Waals surface area contributed by atoms with Crippen LogP contribution in [-0.2, 0) is 18.3 Å².